The fourth-order valence-corrected chi connectivity index (χ4v) is 2.42. The normalized spacial score (nSPS) is 14.4. The monoisotopic (exact) mass is 285 g/mol. The van der Waals surface area contributed by atoms with Gasteiger partial charge in [0.2, 0.25) is 0 Å². The summed E-state index contributed by atoms with van der Waals surface area (Å²) in [4.78, 5) is 34.0. The van der Waals surface area contributed by atoms with E-state index in [1.54, 1.807) is 29.3 Å². The molecule has 1 saturated heterocycles. The lowest BCUT2D eigenvalue weighted by molar-refractivity contribution is -0.133. The van der Waals surface area contributed by atoms with Crippen LogP contribution in [0.5, 0.6) is 0 Å². The Morgan fingerprint density at radius 2 is 1.90 bits per heavy atom. The van der Waals surface area contributed by atoms with Gasteiger partial charge in [0.15, 0.2) is 6.61 Å². The number of nitrogens with zero attached hydrogens (tertiary/aromatic N) is 3. The fourth-order valence-electron chi connectivity index (χ4n) is 2.42. The van der Waals surface area contributed by atoms with Crippen LogP contribution in [0.2, 0.25) is 0 Å². The summed E-state index contributed by atoms with van der Waals surface area (Å²) in [7, 11) is 0. The van der Waals surface area contributed by atoms with Crippen molar-refractivity contribution in [3.63, 3.8) is 0 Å². The van der Waals surface area contributed by atoms with E-state index in [2.05, 4.69) is 9.97 Å². The molecule has 2 aromatic rings. The number of benzene rings is 1. The number of carbonyl (C=O) groups is 2. The molecule has 1 amide bonds. The van der Waals surface area contributed by atoms with Crippen LogP contribution < -0.4 is 0 Å². The number of rotatable bonds is 3. The third kappa shape index (κ3) is 2.84. The SMILES string of the molecule is O=C(OCC(=O)N1CCCC1)c1cccc2nccnc12. The van der Waals surface area contributed by atoms with Gasteiger partial charge in [0.05, 0.1) is 11.1 Å². The summed E-state index contributed by atoms with van der Waals surface area (Å²) in [6.45, 7) is 1.27. The zero-order valence-corrected chi connectivity index (χ0v) is 11.5. The van der Waals surface area contributed by atoms with Gasteiger partial charge >= 0.3 is 5.97 Å². The Hall–Kier alpha value is -2.50. The first-order valence-electron chi connectivity index (χ1n) is 6.90. The summed E-state index contributed by atoms with van der Waals surface area (Å²) >= 11 is 0. The molecule has 1 aromatic heterocycles. The van der Waals surface area contributed by atoms with Crippen LogP contribution in [0.15, 0.2) is 30.6 Å². The molecule has 2 heterocycles. The van der Waals surface area contributed by atoms with Crippen molar-refractivity contribution in [1.82, 2.24) is 14.9 Å². The van der Waals surface area contributed by atoms with E-state index in [0.717, 1.165) is 25.9 Å². The molecule has 6 nitrogen and oxygen atoms in total. The van der Waals surface area contributed by atoms with Gasteiger partial charge < -0.3 is 9.64 Å². The minimum absolute atomic E-state index is 0.146. The van der Waals surface area contributed by atoms with Gasteiger partial charge in [-0.15, -0.1) is 0 Å². The van der Waals surface area contributed by atoms with Gasteiger partial charge in [0, 0.05) is 25.5 Å². The molecule has 0 unspecified atom stereocenters. The van der Waals surface area contributed by atoms with E-state index in [4.69, 9.17) is 4.74 Å². The second kappa shape index (κ2) is 5.87. The van der Waals surface area contributed by atoms with Crippen LogP contribution in [0.3, 0.4) is 0 Å². The van der Waals surface area contributed by atoms with Gasteiger partial charge in [-0.1, -0.05) is 6.07 Å². The summed E-state index contributed by atoms with van der Waals surface area (Å²) in [5, 5.41) is 0. The highest BCUT2D eigenvalue weighted by atomic mass is 16.5. The van der Waals surface area contributed by atoms with Crippen LogP contribution in [0.4, 0.5) is 0 Å². The molecule has 0 N–H and O–H groups in total. The van der Waals surface area contributed by atoms with E-state index in [1.807, 2.05) is 0 Å². The van der Waals surface area contributed by atoms with E-state index in [9.17, 15) is 9.59 Å². The molecule has 3 rings (SSSR count). The summed E-state index contributed by atoms with van der Waals surface area (Å²) in [6.07, 6.45) is 5.11. The van der Waals surface area contributed by atoms with Crippen molar-refractivity contribution in [2.75, 3.05) is 19.7 Å². The Balaban J connectivity index is 1.71. The van der Waals surface area contributed by atoms with Gasteiger partial charge in [0.25, 0.3) is 5.91 Å². The topological polar surface area (TPSA) is 72.4 Å². The van der Waals surface area contributed by atoms with Crippen molar-refractivity contribution in [2.45, 2.75) is 12.8 Å². The molecule has 0 saturated carbocycles. The largest absolute Gasteiger partial charge is 0.452 e. The number of hydrogen-bond acceptors (Lipinski definition) is 5. The molecule has 1 aromatic carbocycles. The van der Waals surface area contributed by atoms with Gasteiger partial charge in [-0.25, -0.2) is 4.79 Å². The van der Waals surface area contributed by atoms with Crippen LogP contribution in [0.1, 0.15) is 23.2 Å². The van der Waals surface area contributed by atoms with Crippen LogP contribution in [0, 0.1) is 0 Å². The van der Waals surface area contributed by atoms with Crippen LogP contribution in [-0.2, 0) is 9.53 Å². The summed E-state index contributed by atoms with van der Waals surface area (Å²) in [5.41, 5.74) is 1.44. The zero-order chi connectivity index (χ0) is 14.7. The third-order valence-electron chi connectivity index (χ3n) is 3.50. The van der Waals surface area contributed by atoms with Crippen molar-refractivity contribution in [3.05, 3.63) is 36.2 Å². The Kier molecular flexibility index (Phi) is 3.77. The summed E-state index contributed by atoms with van der Waals surface area (Å²) in [6, 6.07) is 5.12. The van der Waals surface area contributed by atoms with Gasteiger partial charge in [0.1, 0.15) is 5.52 Å². The Labute approximate surface area is 121 Å². The molecular formula is C15H15N3O3. The standard InChI is InChI=1S/C15H15N3O3/c19-13(18-8-1-2-9-18)10-21-15(20)11-4-3-5-12-14(11)17-7-6-16-12/h3-7H,1-2,8-10H2. The highest BCUT2D eigenvalue weighted by Gasteiger charge is 2.20. The zero-order valence-electron chi connectivity index (χ0n) is 11.5. The highest BCUT2D eigenvalue weighted by molar-refractivity contribution is 6.02. The Morgan fingerprint density at radius 1 is 1.14 bits per heavy atom. The summed E-state index contributed by atoms with van der Waals surface area (Å²) in [5.74, 6) is -0.694. The van der Waals surface area contributed by atoms with E-state index in [-0.39, 0.29) is 12.5 Å². The highest BCUT2D eigenvalue weighted by Crippen LogP contribution is 2.15. The molecule has 0 atom stereocenters. The molecule has 0 radical (unpaired) electrons. The quantitative estimate of drug-likeness (QED) is 0.797. The van der Waals surface area contributed by atoms with E-state index in [1.165, 1.54) is 6.20 Å². The number of ether oxygens (including phenoxy) is 1. The molecule has 0 bridgehead atoms. The Morgan fingerprint density at radius 3 is 2.71 bits per heavy atom. The van der Waals surface area contributed by atoms with Crippen LogP contribution in [0.25, 0.3) is 11.0 Å². The third-order valence-corrected chi connectivity index (χ3v) is 3.50. The van der Waals surface area contributed by atoms with Gasteiger partial charge in [-0.3, -0.25) is 14.8 Å². The first-order valence-corrected chi connectivity index (χ1v) is 6.90. The van der Waals surface area contributed by atoms with E-state index in [0.29, 0.717) is 16.6 Å². The van der Waals surface area contributed by atoms with Crippen molar-refractivity contribution in [2.24, 2.45) is 0 Å². The lowest BCUT2D eigenvalue weighted by Gasteiger charge is -2.15. The van der Waals surface area contributed by atoms with E-state index < -0.39 is 5.97 Å². The second-order valence-electron chi connectivity index (χ2n) is 4.89. The molecule has 6 heteroatoms. The van der Waals surface area contributed by atoms with Gasteiger partial charge in [-0.05, 0) is 25.0 Å². The fraction of sp³-hybridized carbons (Fsp3) is 0.333. The molecule has 0 spiro atoms. The molecular weight excluding hydrogens is 270 g/mol. The van der Waals surface area contributed by atoms with Crippen LogP contribution >= 0.6 is 0 Å². The minimum atomic E-state index is -0.548. The summed E-state index contributed by atoms with van der Waals surface area (Å²) < 4.78 is 5.11. The number of carbonyl (C=O) groups excluding carboxylic acids is 2. The predicted octanol–water partition coefficient (Wildman–Crippen LogP) is 1.41. The number of esters is 1. The van der Waals surface area contributed by atoms with Crippen molar-refractivity contribution < 1.29 is 14.3 Å². The first-order chi connectivity index (χ1) is 10.3. The van der Waals surface area contributed by atoms with Gasteiger partial charge in [-0.2, -0.15) is 0 Å². The second-order valence-corrected chi connectivity index (χ2v) is 4.89. The van der Waals surface area contributed by atoms with Crippen molar-refractivity contribution >= 4 is 22.9 Å². The maximum atomic E-state index is 12.1. The number of likely N-dealkylation sites (tertiary alicyclic amines) is 1. The number of para-hydroxylation sites is 1. The lowest BCUT2D eigenvalue weighted by atomic mass is 10.2. The maximum Gasteiger partial charge on any atom is 0.340 e. The lowest BCUT2D eigenvalue weighted by Crippen LogP contribution is -2.32. The predicted molar refractivity (Wildman–Crippen MR) is 75.6 cm³/mol. The molecule has 1 aliphatic rings. The van der Waals surface area contributed by atoms with Crippen LogP contribution in [-0.4, -0.2) is 46.4 Å². The number of fused-ring (bicyclic) bond motifs is 1. The number of hydrogen-bond donors (Lipinski definition) is 0. The molecule has 1 fully saturated rings. The molecule has 108 valence electrons. The maximum absolute atomic E-state index is 12.1. The number of amides is 1. The van der Waals surface area contributed by atoms with E-state index >= 15 is 0 Å². The number of aromatic nitrogens is 2. The molecule has 0 aliphatic carbocycles. The Bertz CT molecular complexity index is 675. The molecule has 1 aliphatic heterocycles. The average molecular weight is 285 g/mol. The minimum Gasteiger partial charge on any atom is -0.452 e. The van der Waals surface area contributed by atoms with Crippen molar-refractivity contribution in [1.29, 1.82) is 0 Å². The van der Waals surface area contributed by atoms with Crippen molar-refractivity contribution in [3.8, 4) is 0 Å². The smallest absolute Gasteiger partial charge is 0.340 e. The molecule has 21 heavy (non-hydrogen) atoms. The first kappa shape index (κ1) is 13.5. The average Bonchev–Trinajstić information content (AvgIpc) is 3.06.